The van der Waals surface area contributed by atoms with Crippen molar-refractivity contribution in [2.75, 3.05) is 13.2 Å². The lowest BCUT2D eigenvalue weighted by Gasteiger charge is -2.66. The summed E-state index contributed by atoms with van der Waals surface area (Å²) in [5.41, 5.74) is -0.681. The summed E-state index contributed by atoms with van der Waals surface area (Å²) in [4.78, 5) is 23.7. The molecule has 3 aliphatic heterocycles. The Morgan fingerprint density at radius 3 is 2.59 bits per heavy atom. The molecule has 0 spiro atoms. The molecule has 3 heterocycles. The average Bonchev–Trinajstić information content (AvgIpc) is 3.46. The van der Waals surface area contributed by atoms with Crippen LogP contribution in [0.25, 0.3) is 0 Å². The van der Waals surface area contributed by atoms with Gasteiger partial charge in [-0.25, -0.2) is 4.79 Å². The van der Waals surface area contributed by atoms with Crippen molar-refractivity contribution in [3.05, 3.63) is 11.6 Å². The molecule has 2 saturated heterocycles. The first-order valence-electron chi connectivity index (χ1n) is 15.5. The highest BCUT2D eigenvalue weighted by atomic mass is 16.8. The van der Waals surface area contributed by atoms with Crippen LogP contribution in [0.1, 0.15) is 78.6 Å². The summed E-state index contributed by atoms with van der Waals surface area (Å²) >= 11 is 0. The van der Waals surface area contributed by atoms with Gasteiger partial charge in [-0.3, -0.25) is 4.79 Å². The molecule has 0 aromatic carbocycles. The Morgan fingerprint density at radius 1 is 1.07 bits per heavy atom. The van der Waals surface area contributed by atoms with E-state index < -0.39 is 47.4 Å². The highest BCUT2D eigenvalue weighted by Crippen LogP contribution is 2.70. The Bertz CT molecular complexity index is 1140. The Balaban J connectivity index is 1.16. The highest BCUT2D eigenvalue weighted by molar-refractivity contribution is 5.85. The molecule has 7 rings (SSSR count). The van der Waals surface area contributed by atoms with E-state index in [-0.39, 0.29) is 47.8 Å². The number of rotatable bonds is 3. The van der Waals surface area contributed by atoms with Crippen LogP contribution in [0.3, 0.4) is 0 Å². The summed E-state index contributed by atoms with van der Waals surface area (Å²) in [6, 6.07) is 0. The van der Waals surface area contributed by atoms with Gasteiger partial charge in [-0.1, -0.05) is 6.92 Å². The number of carbonyl (C=O) groups is 2. The maximum atomic E-state index is 12.5. The van der Waals surface area contributed by atoms with Crippen molar-refractivity contribution < 1.29 is 48.6 Å². The SMILES string of the molecule is CC(=O)O[C@H]1C[C@@H](C)O[C@H]2O[C@@H]3C[C@@]4(CO)[C@@H](CC[C@@H]5[C@@H]4CC[C@]4(C)[C@@H](C6=CC(=O)OC6)CC[C@]54O)C[C@H]3O[C@]21O. The van der Waals surface area contributed by atoms with Crippen molar-refractivity contribution in [2.45, 2.75) is 121 Å². The van der Waals surface area contributed by atoms with Crippen molar-refractivity contribution in [1.29, 1.82) is 0 Å². The maximum Gasteiger partial charge on any atom is 0.331 e. The van der Waals surface area contributed by atoms with Gasteiger partial charge < -0.3 is 39.0 Å². The number of ether oxygens (including phenoxy) is 5. The summed E-state index contributed by atoms with van der Waals surface area (Å²) in [5.74, 6) is -2.28. The third kappa shape index (κ3) is 3.90. The molecule has 10 nitrogen and oxygen atoms in total. The van der Waals surface area contributed by atoms with Gasteiger partial charge in [0.05, 0.1) is 23.9 Å². The van der Waals surface area contributed by atoms with E-state index in [1.54, 1.807) is 6.08 Å². The van der Waals surface area contributed by atoms with Crippen molar-refractivity contribution in [3.63, 3.8) is 0 Å². The third-order valence-electron chi connectivity index (χ3n) is 12.6. The number of cyclic esters (lactones) is 1. The lowest BCUT2D eigenvalue weighted by Crippen LogP contribution is -2.71. The standard InChI is InChI=1S/C31H44O10/c1-16-10-25(39-17(2)33)31(36)27(38-16)40-24-13-29(15-32)19(12-23(24)41-31)4-5-22-21(29)6-8-28(3)20(7-9-30(22,28)35)18-11-26(34)37-14-18/h11,16,19-25,27,32,35-36H,4-10,12-15H2,1-3H3/t16-,19+,20-,21+,22-,23-,24-,25+,27+,28-,29-,30+,31+/m1/s1. The molecule has 0 aromatic rings. The predicted molar refractivity (Wildman–Crippen MR) is 142 cm³/mol. The number of aliphatic hydroxyl groups is 3. The molecule has 0 aromatic heterocycles. The van der Waals surface area contributed by atoms with Gasteiger partial charge in [0.1, 0.15) is 6.61 Å². The smallest absolute Gasteiger partial charge is 0.331 e. The first-order chi connectivity index (χ1) is 19.4. The van der Waals surface area contributed by atoms with E-state index in [0.717, 1.165) is 37.7 Å². The zero-order valence-electron chi connectivity index (χ0n) is 24.3. The normalized spacial score (nSPS) is 54.0. The molecule has 4 aliphatic carbocycles. The van der Waals surface area contributed by atoms with Crippen LogP contribution in [-0.4, -0.2) is 82.6 Å². The van der Waals surface area contributed by atoms with Crippen LogP contribution in [0.4, 0.5) is 0 Å². The lowest BCUT2D eigenvalue weighted by molar-refractivity contribution is -0.458. The minimum Gasteiger partial charge on any atom is -0.458 e. The largest absolute Gasteiger partial charge is 0.458 e. The van der Waals surface area contributed by atoms with Gasteiger partial charge in [-0.05, 0) is 87.5 Å². The molecule has 13 atom stereocenters. The Morgan fingerprint density at radius 2 is 1.88 bits per heavy atom. The molecule has 228 valence electrons. The second-order valence-electron chi connectivity index (χ2n) is 14.3. The quantitative estimate of drug-likeness (QED) is 0.339. The number of hydrogen-bond acceptors (Lipinski definition) is 10. The van der Waals surface area contributed by atoms with E-state index in [1.165, 1.54) is 6.92 Å². The molecular formula is C31H44O10. The van der Waals surface area contributed by atoms with Gasteiger partial charge in [-0.2, -0.15) is 0 Å². The molecule has 10 heteroatoms. The molecule has 6 fully saturated rings. The molecule has 7 aliphatic rings. The highest BCUT2D eigenvalue weighted by Gasteiger charge is 2.70. The van der Waals surface area contributed by atoms with Crippen LogP contribution >= 0.6 is 0 Å². The van der Waals surface area contributed by atoms with Gasteiger partial charge in [0.2, 0.25) is 6.29 Å². The number of carbonyl (C=O) groups excluding carboxylic acids is 2. The van der Waals surface area contributed by atoms with Crippen LogP contribution in [0, 0.1) is 34.5 Å². The van der Waals surface area contributed by atoms with Gasteiger partial charge in [0, 0.05) is 36.9 Å². The topological polar surface area (TPSA) is 141 Å². The molecule has 3 N–H and O–H groups in total. The van der Waals surface area contributed by atoms with Crippen LogP contribution in [0.15, 0.2) is 11.6 Å². The first-order valence-corrected chi connectivity index (χ1v) is 15.5. The van der Waals surface area contributed by atoms with Crippen LogP contribution in [0.2, 0.25) is 0 Å². The van der Waals surface area contributed by atoms with E-state index in [0.29, 0.717) is 32.3 Å². The minimum atomic E-state index is -1.89. The number of esters is 2. The molecule has 0 amide bonds. The van der Waals surface area contributed by atoms with Gasteiger partial charge >= 0.3 is 11.9 Å². The van der Waals surface area contributed by atoms with E-state index >= 15 is 0 Å². The minimum absolute atomic E-state index is 0.00258. The van der Waals surface area contributed by atoms with Gasteiger partial charge in [0.15, 0.2) is 6.10 Å². The number of fused-ring (bicyclic) bond motifs is 7. The van der Waals surface area contributed by atoms with Crippen molar-refractivity contribution >= 4 is 11.9 Å². The lowest BCUT2D eigenvalue weighted by atomic mass is 9.42. The summed E-state index contributed by atoms with van der Waals surface area (Å²) in [5, 5.41) is 35.3. The zero-order valence-corrected chi connectivity index (χ0v) is 24.3. The van der Waals surface area contributed by atoms with Crippen molar-refractivity contribution in [1.82, 2.24) is 0 Å². The van der Waals surface area contributed by atoms with E-state index in [2.05, 4.69) is 6.92 Å². The molecule has 0 bridgehead atoms. The van der Waals surface area contributed by atoms with Gasteiger partial charge in [-0.15, -0.1) is 0 Å². The molecular weight excluding hydrogens is 532 g/mol. The summed E-state index contributed by atoms with van der Waals surface area (Å²) in [7, 11) is 0. The van der Waals surface area contributed by atoms with Gasteiger partial charge in [0.25, 0.3) is 5.79 Å². The fraction of sp³-hybridized carbons (Fsp3) is 0.871. The van der Waals surface area contributed by atoms with Crippen LogP contribution in [0.5, 0.6) is 0 Å². The summed E-state index contributed by atoms with van der Waals surface area (Å²) < 4.78 is 29.5. The van der Waals surface area contributed by atoms with Crippen molar-refractivity contribution in [3.8, 4) is 0 Å². The van der Waals surface area contributed by atoms with E-state index in [4.69, 9.17) is 23.7 Å². The number of aliphatic hydroxyl groups excluding tert-OH is 1. The molecule has 0 unspecified atom stereocenters. The molecule has 41 heavy (non-hydrogen) atoms. The van der Waals surface area contributed by atoms with E-state index in [9.17, 15) is 24.9 Å². The second kappa shape index (κ2) is 9.47. The van der Waals surface area contributed by atoms with Crippen LogP contribution < -0.4 is 0 Å². The number of hydrogen-bond donors (Lipinski definition) is 3. The molecule has 4 saturated carbocycles. The fourth-order valence-electron chi connectivity index (χ4n) is 10.7. The third-order valence-corrected chi connectivity index (χ3v) is 12.6. The first kappa shape index (κ1) is 28.2. The van der Waals surface area contributed by atoms with Crippen molar-refractivity contribution in [2.24, 2.45) is 34.5 Å². The van der Waals surface area contributed by atoms with E-state index in [1.807, 2.05) is 6.92 Å². The Kier molecular flexibility index (Phi) is 6.52. The predicted octanol–water partition coefficient (Wildman–Crippen LogP) is 2.36. The second-order valence-corrected chi connectivity index (χ2v) is 14.3. The fourth-order valence-corrected chi connectivity index (χ4v) is 10.7. The zero-order chi connectivity index (χ0) is 28.9. The Labute approximate surface area is 240 Å². The van der Waals surface area contributed by atoms with Crippen LogP contribution in [-0.2, 0) is 33.3 Å². The monoisotopic (exact) mass is 576 g/mol. The molecule has 0 radical (unpaired) electrons. The summed E-state index contributed by atoms with van der Waals surface area (Å²) in [6.45, 7) is 5.67. The summed E-state index contributed by atoms with van der Waals surface area (Å²) in [6.07, 6.45) is 4.84. The maximum absolute atomic E-state index is 12.5. The average molecular weight is 577 g/mol. The Hall–Kier alpha value is -1.56.